The molecule has 1 atom stereocenters. The molecule has 0 bridgehead atoms. The highest BCUT2D eigenvalue weighted by molar-refractivity contribution is 7.93. The number of anilines is 2. The van der Waals surface area contributed by atoms with E-state index in [1.54, 1.807) is 0 Å². The highest BCUT2D eigenvalue weighted by Crippen LogP contribution is 2.55. The highest BCUT2D eigenvalue weighted by Gasteiger charge is 2.59. The molecule has 0 unspecified atom stereocenters. The number of nitrogen functional groups attached to an aromatic ring is 1. The normalized spacial score (nSPS) is 23.8. The topological polar surface area (TPSA) is 98.4 Å². The molecule has 172 valence electrons. The second kappa shape index (κ2) is 8.30. The van der Waals surface area contributed by atoms with Crippen LogP contribution in [0.2, 0.25) is 0 Å². The van der Waals surface area contributed by atoms with Gasteiger partial charge in [0.2, 0.25) is 0 Å². The van der Waals surface area contributed by atoms with Crippen LogP contribution in [-0.4, -0.2) is 49.4 Å². The minimum absolute atomic E-state index is 0.163. The molecule has 1 aromatic carbocycles. The van der Waals surface area contributed by atoms with Crippen molar-refractivity contribution in [2.45, 2.75) is 67.9 Å². The first-order chi connectivity index (χ1) is 15.4. The molecular weight excluding hydrogens is 424 g/mol. The number of morpholine rings is 1. The molecule has 3 aliphatic rings. The molecule has 0 spiro atoms. The monoisotopic (exact) mass is 456 g/mol. The van der Waals surface area contributed by atoms with Crippen molar-refractivity contribution in [3.8, 4) is 11.4 Å². The van der Waals surface area contributed by atoms with Gasteiger partial charge in [0.05, 0.1) is 30.2 Å². The second-order valence-corrected chi connectivity index (χ2v) is 12.0. The van der Waals surface area contributed by atoms with Crippen LogP contribution >= 0.6 is 0 Å². The lowest BCUT2D eigenvalue weighted by Gasteiger charge is -2.35. The summed E-state index contributed by atoms with van der Waals surface area (Å²) in [5.74, 6) is 1.34. The minimum Gasteiger partial charge on any atom is -0.399 e. The van der Waals surface area contributed by atoms with E-state index in [1.165, 1.54) is 0 Å². The van der Waals surface area contributed by atoms with Crippen LogP contribution in [0.25, 0.3) is 11.4 Å². The van der Waals surface area contributed by atoms with Gasteiger partial charge in [0.1, 0.15) is 10.6 Å². The first-order valence-electron chi connectivity index (χ1n) is 11.7. The van der Waals surface area contributed by atoms with Crippen LogP contribution in [0.15, 0.2) is 30.3 Å². The molecule has 2 N–H and O–H groups in total. The lowest BCUT2D eigenvalue weighted by atomic mass is 10.0. The van der Waals surface area contributed by atoms with E-state index in [-0.39, 0.29) is 11.3 Å². The van der Waals surface area contributed by atoms with Gasteiger partial charge in [-0.15, -0.1) is 0 Å². The van der Waals surface area contributed by atoms with Crippen LogP contribution in [0.3, 0.4) is 0 Å². The fourth-order valence-corrected chi connectivity index (χ4v) is 7.80. The van der Waals surface area contributed by atoms with Crippen molar-refractivity contribution < 1.29 is 13.2 Å². The molecule has 32 heavy (non-hydrogen) atoms. The third-order valence-corrected chi connectivity index (χ3v) is 10.3. The maximum Gasteiger partial charge on any atom is 0.164 e. The number of ether oxygens (including phenoxy) is 1. The minimum atomic E-state index is -3.32. The third kappa shape index (κ3) is 3.77. The molecule has 1 saturated heterocycles. The van der Waals surface area contributed by atoms with E-state index in [4.69, 9.17) is 20.4 Å². The van der Waals surface area contributed by atoms with Gasteiger partial charge in [-0.1, -0.05) is 19.3 Å². The van der Waals surface area contributed by atoms with Gasteiger partial charge in [-0.2, -0.15) is 0 Å². The van der Waals surface area contributed by atoms with E-state index in [1.807, 2.05) is 30.3 Å². The maximum atomic E-state index is 13.8. The Kier molecular flexibility index (Phi) is 5.61. The number of hydrogen-bond acceptors (Lipinski definition) is 7. The molecule has 7 nitrogen and oxygen atoms in total. The number of nitrogens with zero attached hydrogens (tertiary/aromatic N) is 3. The number of rotatable bonds is 5. The summed E-state index contributed by atoms with van der Waals surface area (Å²) in [4.78, 5) is 11.9. The van der Waals surface area contributed by atoms with Crippen molar-refractivity contribution in [2.24, 2.45) is 0 Å². The summed E-state index contributed by atoms with van der Waals surface area (Å²) < 4.78 is 32.3. The fourth-order valence-electron chi connectivity index (χ4n) is 5.14. The average molecular weight is 457 g/mol. The molecule has 1 aromatic heterocycles. The van der Waals surface area contributed by atoms with Crippen LogP contribution in [0.5, 0.6) is 0 Å². The number of sulfone groups is 1. The molecule has 0 amide bonds. The predicted octanol–water partition coefficient (Wildman–Crippen LogP) is 3.69. The Hall–Kier alpha value is -2.19. The SMILES string of the molecule is C[C@H]1COCCN1c1cc(C2(S(=O)(=O)C3CCCCC3)CC2)nc(-c2ccc(N)cc2)n1. The molecule has 1 aliphatic heterocycles. The van der Waals surface area contributed by atoms with Crippen molar-refractivity contribution in [1.82, 2.24) is 9.97 Å². The summed E-state index contributed by atoms with van der Waals surface area (Å²) >= 11 is 0. The van der Waals surface area contributed by atoms with Crippen LogP contribution in [0, 0.1) is 0 Å². The van der Waals surface area contributed by atoms with Crippen LogP contribution in [-0.2, 0) is 19.3 Å². The Labute approximate surface area is 190 Å². The molecule has 0 radical (unpaired) electrons. The summed E-state index contributed by atoms with van der Waals surface area (Å²) in [5.41, 5.74) is 8.04. The molecule has 2 saturated carbocycles. The average Bonchev–Trinajstić information content (AvgIpc) is 3.63. The maximum absolute atomic E-state index is 13.8. The van der Waals surface area contributed by atoms with Gasteiger partial charge in [-0.05, 0) is 56.9 Å². The van der Waals surface area contributed by atoms with Crippen LogP contribution < -0.4 is 10.6 Å². The highest BCUT2D eigenvalue weighted by atomic mass is 32.2. The van der Waals surface area contributed by atoms with Crippen molar-refractivity contribution in [3.05, 3.63) is 36.0 Å². The van der Waals surface area contributed by atoms with Gasteiger partial charge in [0.25, 0.3) is 0 Å². The van der Waals surface area contributed by atoms with Gasteiger partial charge in [-0.25, -0.2) is 18.4 Å². The zero-order valence-corrected chi connectivity index (χ0v) is 19.5. The summed E-state index contributed by atoms with van der Waals surface area (Å²) in [6.07, 6.45) is 5.95. The van der Waals surface area contributed by atoms with E-state index in [0.717, 1.165) is 50.0 Å². The van der Waals surface area contributed by atoms with Gasteiger partial charge >= 0.3 is 0 Å². The largest absolute Gasteiger partial charge is 0.399 e. The molecule has 8 heteroatoms. The Morgan fingerprint density at radius 2 is 1.81 bits per heavy atom. The van der Waals surface area contributed by atoms with Crippen LogP contribution in [0.1, 0.15) is 57.6 Å². The standard InChI is InChI=1S/C24H32N4O3S/c1-17-16-31-14-13-28(17)22-15-21(26-23(27-22)18-7-9-19(25)10-8-18)24(11-12-24)32(29,30)20-5-3-2-4-6-20/h7-10,15,17,20H,2-6,11-14,16,25H2,1H3/t17-/m0/s1. The number of hydrogen-bond donors (Lipinski definition) is 1. The first kappa shape index (κ1) is 21.6. The van der Waals surface area contributed by atoms with Crippen LogP contribution in [0.4, 0.5) is 11.5 Å². The quantitative estimate of drug-likeness (QED) is 0.685. The van der Waals surface area contributed by atoms with Crippen molar-refractivity contribution in [1.29, 1.82) is 0 Å². The summed E-state index contributed by atoms with van der Waals surface area (Å²) in [5, 5.41) is -0.251. The number of aromatic nitrogens is 2. The molecular formula is C24H32N4O3S. The van der Waals surface area contributed by atoms with E-state index >= 15 is 0 Å². The molecule has 2 heterocycles. The van der Waals surface area contributed by atoms with Gasteiger partial charge in [0, 0.05) is 23.9 Å². The summed E-state index contributed by atoms with van der Waals surface area (Å²) in [6.45, 7) is 4.09. The van der Waals surface area contributed by atoms with Gasteiger partial charge in [-0.3, -0.25) is 0 Å². The number of nitrogens with two attached hydrogens (primary N) is 1. The van der Waals surface area contributed by atoms with E-state index in [0.29, 0.717) is 43.3 Å². The Bertz CT molecular complexity index is 1080. The number of benzene rings is 1. The fraction of sp³-hybridized carbons (Fsp3) is 0.583. The lowest BCUT2D eigenvalue weighted by molar-refractivity contribution is 0.0985. The van der Waals surface area contributed by atoms with Gasteiger partial charge in [0.15, 0.2) is 15.7 Å². The molecule has 5 rings (SSSR count). The Balaban J connectivity index is 1.60. The smallest absolute Gasteiger partial charge is 0.164 e. The molecule has 2 aliphatic carbocycles. The van der Waals surface area contributed by atoms with Gasteiger partial charge < -0.3 is 15.4 Å². The van der Waals surface area contributed by atoms with Crippen molar-refractivity contribution in [2.75, 3.05) is 30.4 Å². The van der Waals surface area contributed by atoms with Crippen molar-refractivity contribution >= 4 is 21.3 Å². The van der Waals surface area contributed by atoms with E-state index < -0.39 is 14.6 Å². The third-order valence-electron chi connectivity index (χ3n) is 7.25. The summed E-state index contributed by atoms with van der Waals surface area (Å²) in [6, 6.07) is 9.54. The lowest BCUT2D eigenvalue weighted by Crippen LogP contribution is -2.44. The van der Waals surface area contributed by atoms with E-state index in [9.17, 15) is 8.42 Å². The molecule has 2 aromatic rings. The Morgan fingerprint density at radius 1 is 1.09 bits per heavy atom. The predicted molar refractivity (Wildman–Crippen MR) is 126 cm³/mol. The zero-order valence-electron chi connectivity index (χ0n) is 18.7. The Morgan fingerprint density at radius 3 is 2.47 bits per heavy atom. The van der Waals surface area contributed by atoms with E-state index in [2.05, 4.69) is 11.8 Å². The van der Waals surface area contributed by atoms with Crippen molar-refractivity contribution in [3.63, 3.8) is 0 Å². The first-order valence-corrected chi connectivity index (χ1v) is 13.3. The summed E-state index contributed by atoms with van der Waals surface area (Å²) in [7, 11) is -3.32. The molecule has 3 fully saturated rings. The second-order valence-electron chi connectivity index (χ2n) is 9.47. The zero-order chi connectivity index (χ0) is 22.3.